The summed E-state index contributed by atoms with van der Waals surface area (Å²) in [5, 5.41) is 7.75. The van der Waals surface area contributed by atoms with E-state index in [2.05, 4.69) is 20.4 Å². The standard InChI is InChI=1S/C24H28N6O4/c1-3-5-19-27-21(34-28-19)13-29-14-26-22-17-10-15(2)7-8-18(17)30(23(22)24(29)32)12-20(31)25-11-16-6-4-9-33-16/h7-8,10,14,16H,3-6,9,11-13H2,1-2H3,(H,25,31)/t16-/m0/s1. The molecule has 178 valence electrons. The van der Waals surface area contributed by atoms with Crippen LogP contribution in [0.3, 0.4) is 0 Å². The molecule has 4 aromatic rings. The molecule has 34 heavy (non-hydrogen) atoms. The van der Waals surface area contributed by atoms with E-state index in [1.165, 1.54) is 10.9 Å². The first-order chi connectivity index (χ1) is 16.5. The Morgan fingerprint density at radius 1 is 1.32 bits per heavy atom. The van der Waals surface area contributed by atoms with Gasteiger partial charge in [0.25, 0.3) is 5.56 Å². The number of aromatic nitrogens is 5. The number of ether oxygens (including phenoxy) is 1. The summed E-state index contributed by atoms with van der Waals surface area (Å²) in [4.78, 5) is 35.3. The van der Waals surface area contributed by atoms with Gasteiger partial charge in [0.2, 0.25) is 11.8 Å². The molecular formula is C24H28N6O4. The Bertz CT molecular complexity index is 1400. The highest BCUT2D eigenvalue weighted by molar-refractivity contribution is 6.06. The van der Waals surface area contributed by atoms with Gasteiger partial charge in [-0.25, -0.2) is 4.98 Å². The van der Waals surface area contributed by atoms with Crippen molar-refractivity contribution in [2.75, 3.05) is 13.2 Å². The average molecular weight is 465 g/mol. The lowest BCUT2D eigenvalue weighted by Crippen LogP contribution is -2.34. The molecule has 1 N–H and O–H groups in total. The molecule has 10 nitrogen and oxygen atoms in total. The first kappa shape index (κ1) is 22.3. The number of hydrogen-bond acceptors (Lipinski definition) is 7. The predicted molar refractivity (Wildman–Crippen MR) is 126 cm³/mol. The van der Waals surface area contributed by atoms with Crippen molar-refractivity contribution in [2.24, 2.45) is 0 Å². The van der Waals surface area contributed by atoms with E-state index in [0.29, 0.717) is 35.7 Å². The molecule has 4 heterocycles. The lowest BCUT2D eigenvalue weighted by molar-refractivity contribution is -0.122. The maximum absolute atomic E-state index is 13.5. The van der Waals surface area contributed by atoms with Gasteiger partial charge in [0.05, 0.1) is 17.9 Å². The van der Waals surface area contributed by atoms with Gasteiger partial charge in [-0.05, 0) is 38.3 Å². The fourth-order valence-corrected chi connectivity index (χ4v) is 4.45. The lowest BCUT2D eigenvalue weighted by Gasteiger charge is -2.12. The van der Waals surface area contributed by atoms with E-state index in [1.54, 1.807) is 4.57 Å². The van der Waals surface area contributed by atoms with Crippen LogP contribution >= 0.6 is 0 Å². The molecule has 0 radical (unpaired) electrons. The van der Waals surface area contributed by atoms with Crippen LogP contribution in [0.25, 0.3) is 21.9 Å². The van der Waals surface area contributed by atoms with Crippen LogP contribution in [0, 0.1) is 6.92 Å². The molecule has 5 rings (SSSR count). The normalized spacial score (nSPS) is 16.0. The topological polar surface area (TPSA) is 117 Å². The number of carbonyl (C=O) groups is 1. The second-order valence-electron chi connectivity index (χ2n) is 8.78. The predicted octanol–water partition coefficient (Wildman–Crippen LogP) is 2.34. The molecule has 0 unspecified atom stereocenters. The third kappa shape index (κ3) is 4.33. The van der Waals surface area contributed by atoms with Crippen molar-refractivity contribution in [3.63, 3.8) is 0 Å². The molecule has 0 bridgehead atoms. The minimum atomic E-state index is -0.263. The van der Waals surface area contributed by atoms with Gasteiger partial charge in [-0.1, -0.05) is 23.7 Å². The van der Waals surface area contributed by atoms with Crippen LogP contribution in [-0.4, -0.2) is 49.4 Å². The van der Waals surface area contributed by atoms with Crippen LogP contribution < -0.4 is 10.9 Å². The number of carbonyl (C=O) groups excluding carboxylic acids is 1. The van der Waals surface area contributed by atoms with Crippen molar-refractivity contribution >= 4 is 27.8 Å². The quantitative estimate of drug-likeness (QED) is 0.425. The van der Waals surface area contributed by atoms with Crippen molar-refractivity contribution in [3.8, 4) is 0 Å². The van der Waals surface area contributed by atoms with Gasteiger partial charge in [-0.2, -0.15) is 4.98 Å². The molecule has 3 aromatic heterocycles. The SMILES string of the molecule is CCCc1noc(Cn2cnc3c4cc(C)ccc4n(CC(=O)NC[C@@H]4CCCO4)c3c2=O)n1. The fraction of sp³-hybridized carbons (Fsp3) is 0.458. The smallest absolute Gasteiger partial charge is 0.278 e. The van der Waals surface area contributed by atoms with Gasteiger partial charge in [0.15, 0.2) is 5.82 Å². The third-order valence-electron chi connectivity index (χ3n) is 6.12. The number of benzene rings is 1. The second-order valence-corrected chi connectivity index (χ2v) is 8.78. The molecular weight excluding hydrogens is 436 g/mol. The fourth-order valence-electron chi connectivity index (χ4n) is 4.45. The largest absolute Gasteiger partial charge is 0.376 e. The molecule has 1 atom stereocenters. The van der Waals surface area contributed by atoms with Gasteiger partial charge in [0.1, 0.15) is 24.1 Å². The average Bonchev–Trinajstić information content (AvgIpc) is 3.55. The number of fused-ring (bicyclic) bond motifs is 3. The zero-order valence-electron chi connectivity index (χ0n) is 19.4. The van der Waals surface area contributed by atoms with Gasteiger partial charge >= 0.3 is 0 Å². The Kier molecular flexibility index (Phi) is 6.14. The molecule has 1 aliphatic rings. The van der Waals surface area contributed by atoms with E-state index in [0.717, 1.165) is 42.3 Å². The van der Waals surface area contributed by atoms with Gasteiger partial charge in [0, 0.05) is 25.0 Å². The van der Waals surface area contributed by atoms with Crippen molar-refractivity contribution in [3.05, 3.63) is 52.2 Å². The van der Waals surface area contributed by atoms with E-state index in [1.807, 2.05) is 32.0 Å². The monoisotopic (exact) mass is 464 g/mol. The number of nitrogens with one attached hydrogen (secondary N) is 1. The Labute approximate surface area is 195 Å². The number of nitrogens with zero attached hydrogens (tertiary/aromatic N) is 5. The number of amides is 1. The van der Waals surface area contributed by atoms with Crippen molar-refractivity contribution in [1.29, 1.82) is 0 Å². The summed E-state index contributed by atoms with van der Waals surface area (Å²) in [5.41, 5.74) is 2.53. The zero-order chi connectivity index (χ0) is 23.7. The molecule has 0 aliphatic carbocycles. The van der Waals surface area contributed by atoms with E-state index in [9.17, 15) is 9.59 Å². The summed E-state index contributed by atoms with van der Waals surface area (Å²) in [6.45, 7) is 5.35. The number of aryl methyl sites for hydroxylation is 2. The summed E-state index contributed by atoms with van der Waals surface area (Å²) in [6, 6.07) is 5.89. The Morgan fingerprint density at radius 3 is 3.00 bits per heavy atom. The minimum absolute atomic E-state index is 0.0118. The van der Waals surface area contributed by atoms with Crippen LogP contribution in [0.1, 0.15) is 43.5 Å². The first-order valence-corrected chi connectivity index (χ1v) is 11.7. The van der Waals surface area contributed by atoms with Crippen molar-refractivity contribution in [1.82, 2.24) is 29.6 Å². The van der Waals surface area contributed by atoms with Gasteiger partial charge in [-0.15, -0.1) is 0 Å². The number of rotatable bonds is 8. The molecule has 1 aromatic carbocycles. The van der Waals surface area contributed by atoms with Crippen molar-refractivity contribution in [2.45, 2.75) is 58.7 Å². The maximum Gasteiger partial charge on any atom is 0.278 e. The minimum Gasteiger partial charge on any atom is -0.376 e. The summed E-state index contributed by atoms with van der Waals surface area (Å²) in [5.74, 6) is 0.789. The third-order valence-corrected chi connectivity index (χ3v) is 6.12. The Morgan fingerprint density at radius 2 is 2.21 bits per heavy atom. The summed E-state index contributed by atoms with van der Waals surface area (Å²) >= 11 is 0. The van der Waals surface area contributed by atoms with Crippen LogP contribution in [0.2, 0.25) is 0 Å². The molecule has 0 spiro atoms. The molecule has 1 amide bonds. The lowest BCUT2D eigenvalue weighted by atomic mass is 10.1. The summed E-state index contributed by atoms with van der Waals surface area (Å²) < 4.78 is 14.1. The highest BCUT2D eigenvalue weighted by Crippen LogP contribution is 2.26. The maximum atomic E-state index is 13.5. The van der Waals surface area contributed by atoms with E-state index in [4.69, 9.17) is 9.26 Å². The van der Waals surface area contributed by atoms with Crippen LogP contribution in [0.5, 0.6) is 0 Å². The number of hydrogen-bond donors (Lipinski definition) is 1. The van der Waals surface area contributed by atoms with Crippen LogP contribution in [0.15, 0.2) is 33.8 Å². The van der Waals surface area contributed by atoms with Gasteiger partial charge < -0.3 is 19.1 Å². The Balaban J connectivity index is 1.51. The molecule has 1 saturated heterocycles. The van der Waals surface area contributed by atoms with E-state index in [-0.39, 0.29) is 30.7 Å². The first-order valence-electron chi connectivity index (χ1n) is 11.7. The Hall–Kier alpha value is -3.53. The molecule has 1 aliphatic heterocycles. The van der Waals surface area contributed by atoms with E-state index >= 15 is 0 Å². The molecule has 10 heteroatoms. The van der Waals surface area contributed by atoms with Crippen LogP contribution in [-0.2, 0) is 29.0 Å². The highest BCUT2D eigenvalue weighted by Gasteiger charge is 2.21. The molecule has 0 saturated carbocycles. The van der Waals surface area contributed by atoms with Crippen LogP contribution in [0.4, 0.5) is 0 Å². The van der Waals surface area contributed by atoms with Gasteiger partial charge in [-0.3, -0.25) is 14.2 Å². The van der Waals surface area contributed by atoms with E-state index < -0.39 is 0 Å². The molecule has 1 fully saturated rings. The summed E-state index contributed by atoms with van der Waals surface area (Å²) in [7, 11) is 0. The summed E-state index contributed by atoms with van der Waals surface area (Å²) in [6.07, 6.45) is 5.12. The highest BCUT2D eigenvalue weighted by atomic mass is 16.5. The second kappa shape index (κ2) is 9.38. The zero-order valence-corrected chi connectivity index (χ0v) is 19.4. The van der Waals surface area contributed by atoms with Crippen molar-refractivity contribution < 1.29 is 14.1 Å².